The van der Waals surface area contributed by atoms with Crippen molar-refractivity contribution in [1.82, 2.24) is 14.9 Å². The van der Waals surface area contributed by atoms with Gasteiger partial charge in [0.05, 0.1) is 17.6 Å². The summed E-state index contributed by atoms with van der Waals surface area (Å²) < 4.78 is 8.38. The third-order valence-electron chi connectivity index (χ3n) is 6.40. The summed E-state index contributed by atoms with van der Waals surface area (Å²) in [6.07, 6.45) is 4.90. The molecule has 0 radical (unpaired) electrons. The number of nitrogens with zero attached hydrogens (tertiary/aromatic N) is 2. The Morgan fingerprint density at radius 1 is 0.861 bits per heavy atom. The average molecular weight is 484 g/mol. The molecular weight excluding hydrogens is 446 g/mol. The Bertz CT molecular complexity index is 1270. The number of ether oxygens (including phenoxy) is 1. The van der Waals surface area contributed by atoms with Crippen LogP contribution in [0.15, 0.2) is 66.7 Å². The molecule has 1 aromatic heterocycles. The number of unbranched alkanes of at least 4 members (excludes halogenated alkanes) is 2. The van der Waals surface area contributed by atoms with Gasteiger partial charge >= 0.3 is 0 Å². The van der Waals surface area contributed by atoms with Crippen LogP contribution in [0.1, 0.15) is 58.6 Å². The van der Waals surface area contributed by atoms with Gasteiger partial charge in [0.25, 0.3) is 5.91 Å². The lowest BCUT2D eigenvalue weighted by atomic mass is 10.1. The van der Waals surface area contributed by atoms with Gasteiger partial charge in [0.2, 0.25) is 0 Å². The summed E-state index contributed by atoms with van der Waals surface area (Å²) in [6, 6.07) is 22.4. The lowest BCUT2D eigenvalue weighted by Gasteiger charge is -2.11. The first-order chi connectivity index (χ1) is 17.5. The molecule has 0 unspecified atom stereocenters. The molecular formula is C31H37N3O2. The summed E-state index contributed by atoms with van der Waals surface area (Å²) in [7, 11) is 0. The SMILES string of the molecule is Cc1ccc(C(=O)NCCCCCc2nc3ccccc3n2CCCOc2cc(C)cc(C)c2)cc1. The maximum absolute atomic E-state index is 12.3. The van der Waals surface area contributed by atoms with E-state index < -0.39 is 0 Å². The van der Waals surface area contributed by atoms with Crippen molar-refractivity contribution in [2.45, 2.75) is 59.4 Å². The number of benzene rings is 3. The van der Waals surface area contributed by atoms with E-state index in [1.54, 1.807) is 0 Å². The van der Waals surface area contributed by atoms with E-state index in [1.165, 1.54) is 16.6 Å². The van der Waals surface area contributed by atoms with Crippen LogP contribution in [-0.2, 0) is 13.0 Å². The Hall–Kier alpha value is -3.60. The first-order valence-electron chi connectivity index (χ1n) is 13.0. The Morgan fingerprint density at radius 2 is 1.61 bits per heavy atom. The van der Waals surface area contributed by atoms with E-state index >= 15 is 0 Å². The molecule has 5 heteroatoms. The van der Waals surface area contributed by atoms with Crippen molar-refractivity contribution >= 4 is 16.9 Å². The summed E-state index contributed by atoms with van der Waals surface area (Å²) in [5.41, 5.74) is 6.56. The quantitative estimate of drug-likeness (QED) is 0.232. The molecule has 0 spiro atoms. The number of imidazole rings is 1. The topological polar surface area (TPSA) is 56.2 Å². The first-order valence-corrected chi connectivity index (χ1v) is 13.0. The number of hydrogen-bond donors (Lipinski definition) is 1. The standard InChI is InChI=1S/C31H37N3O2/c1-23-13-15-26(16-14-23)31(35)32-17-8-4-5-12-30-33-28-10-6-7-11-29(28)34(30)18-9-19-36-27-21-24(2)20-25(3)22-27/h6-7,10-11,13-16,20-22H,4-5,8-9,12,17-19H2,1-3H3,(H,32,35). The van der Waals surface area contributed by atoms with Crippen LogP contribution in [-0.4, -0.2) is 28.6 Å². The van der Waals surface area contributed by atoms with Gasteiger partial charge < -0.3 is 14.6 Å². The van der Waals surface area contributed by atoms with Crippen molar-refractivity contribution in [2.75, 3.05) is 13.2 Å². The Kier molecular flexibility index (Phi) is 8.77. The molecule has 0 bridgehead atoms. The second kappa shape index (κ2) is 12.4. The highest BCUT2D eigenvalue weighted by atomic mass is 16.5. The van der Waals surface area contributed by atoms with E-state index in [0.717, 1.165) is 66.9 Å². The van der Waals surface area contributed by atoms with Crippen LogP contribution in [0.4, 0.5) is 0 Å². The molecule has 1 heterocycles. The van der Waals surface area contributed by atoms with Crippen molar-refractivity contribution in [3.05, 3.63) is 94.8 Å². The minimum Gasteiger partial charge on any atom is -0.494 e. The van der Waals surface area contributed by atoms with Crippen molar-refractivity contribution in [3.8, 4) is 5.75 Å². The van der Waals surface area contributed by atoms with Crippen LogP contribution in [0.5, 0.6) is 5.75 Å². The Morgan fingerprint density at radius 3 is 2.39 bits per heavy atom. The van der Waals surface area contributed by atoms with Gasteiger partial charge in [0.1, 0.15) is 11.6 Å². The molecule has 0 aliphatic carbocycles. The third kappa shape index (κ3) is 6.97. The molecule has 0 atom stereocenters. The van der Waals surface area contributed by atoms with E-state index in [9.17, 15) is 4.79 Å². The summed E-state index contributed by atoms with van der Waals surface area (Å²) in [4.78, 5) is 17.2. The van der Waals surface area contributed by atoms with Gasteiger partial charge in [0.15, 0.2) is 0 Å². The van der Waals surface area contributed by atoms with Gasteiger partial charge in [-0.15, -0.1) is 0 Å². The van der Waals surface area contributed by atoms with Gasteiger partial charge in [-0.3, -0.25) is 4.79 Å². The minimum absolute atomic E-state index is 0.000152. The van der Waals surface area contributed by atoms with Crippen molar-refractivity contribution in [1.29, 1.82) is 0 Å². The summed E-state index contributed by atoms with van der Waals surface area (Å²) in [6.45, 7) is 8.47. The molecule has 4 aromatic rings. The highest BCUT2D eigenvalue weighted by molar-refractivity contribution is 5.94. The molecule has 3 aromatic carbocycles. The summed E-state index contributed by atoms with van der Waals surface area (Å²) in [5, 5.41) is 3.03. The van der Waals surface area contributed by atoms with Gasteiger partial charge in [0, 0.05) is 25.1 Å². The molecule has 5 nitrogen and oxygen atoms in total. The number of carbonyl (C=O) groups is 1. The number of nitrogens with one attached hydrogen (secondary N) is 1. The molecule has 1 N–H and O–H groups in total. The molecule has 0 saturated heterocycles. The van der Waals surface area contributed by atoms with E-state index in [2.05, 4.69) is 60.1 Å². The molecule has 188 valence electrons. The summed E-state index contributed by atoms with van der Waals surface area (Å²) >= 11 is 0. The van der Waals surface area contributed by atoms with Gasteiger partial charge in [-0.1, -0.05) is 42.3 Å². The fraction of sp³-hybridized carbons (Fsp3) is 0.355. The molecule has 1 amide bonds. The predicted octanol–water partition coefficient (Wildman–Crippen LogP) is 6.57. The highest BCUT2D eigenvalue weighted by Gasteiger charge is 2.10. The number of rotatable bonds is 12. The number of aromatic nitrogens is 2. The van der Waals surface area contributed by atoms with Gasteiger partial charge in [-0.25, -0.2) is 4.98 Å². The number of hydrogen-bond acceptors (Lipinski definition) is 3. The maximum Gasteiger partial charge on any atom is 0.251 e. The van der Waals surface area contributed by atoms with Crippen molar-refractivity contribution in [3.63, 3.8) is 0 Å². The second-order valence-corrected chi connectivity index (χ2v) is 9.63. The van der Waals surface area contributed by atoms with Crippen LogP contribution in [0.2, 0.25) is 0 Å². The molecule has 0 fully saturated rings. The fourth-order valence-corrected chi connectivity index (χ4v) is 4.59. The minimum atomic E-state index is -0.000152. The largest absolute Gasteiger partial charge is 0.494 e. The van der Waals surface area contributed by atoms with E-state index in [0.29, 0.717) is 13.2 Å². The second-order valence-electron chi connectivity index (χ2n) is 9.63. The predicted molar refractivity (Wildman–Crippen MR) is 147 cm³/mol. The molecule has 36 heavy (non-hydrogen) atoms. The Balaban J connectivity index is 1.25. The zero-order valence-corrected chi connectivity index (χ0v) is 21.7. The third-order valence-corrected chi connectivity index (χ3v) is 6.40. The fourth-order valence-electron chi connectivity index (χ4n) is 4.59. The van der Waals surface area contributed by atoms with E-state index in [4.69, 9.17) is 9.72 Å². The van der Waals surface area contributed by atoms with Crippen molar-refractivity contribution in [2.24, 2.45) is 0 Å². The monoisotopic (exact) mass is 483 g/mol. The first kappa shape index (κ1) is 25.5. The molecule has 0 aliphatic heterocycles. The van der Waals surface area contributed by atoms with E-state index in [1.807, 2.05) is 37.3 Å². The van der Waals surface area contributed by atoms with Gasteiger partial charge in [-0.05, 0) is 87.6 Å². The number of fused-ring (bicyclic) bond motifs is 1. The lowest BCUT2D eigenvalue weighted by Crippen LogP contribution is -2.24. The highest BCUT2D eigenvalue weighted by Crippen LogP contribution is 2.20. The zero-order valence-electron chi connectivity index (χ0n) is 21.7. The number of aryl methyl sites for hydroxylation is 5. The molecule has 4 rings (SSSR count). The van der Waals surface area contributed by atoms with Crippen LogP contribution >= 0.6 is 0 Å². The van der Waals surface area contributed by atoms with Crippen LogP contribution < -0.4 is 10.1 Å². The number of amides is 1. The van der Waals surface area contributed by atoms with E-state index in [-0.39, 0.29) is 5.91 Å². The van der Waals surface area contributed by atoms with Gasteiger partial charge in [-0.2, -0.15) is 0 Å². The lowest BCUT2D eigenvalue weighted by molar-refractivity contribution is 0.0953. The number of carbonyl (C=O) groups excluding carboxylic acids is 1. The van der Waals surface area contributed by atoms with Crippen LogP contribution in [0.25, 0.3) is 11.0 Å². The molecule has 0 aliphatic rings. The zero-order chi connectivity index (χ0) is 25.3. The van der Waals surface area contributed by atoms with Crippen molar-refractivity contribution < 1.29 is 9.53 Å². The maximum atomic E-state index is 12.3. The molecule has 0 saturated carbocycles. The number of para-hydroxylation sites is 2. The van der Waals surface area contributed by atoms with Crippen LogP contribution in [0.3, 0.4) is 0 Å². The summed E-state index contributed by atoms with van der Waals surface area (Å²) in [5.74, 6) is 2.07. The van der Waals surface area contributed by atoms with Crippen LogP contribution in [0, 0.1) is 20.8 Å². The Labute approximate surface area is 214 Å². The smallest absolute Gasteiger partial charge is 0.251 e. The average Bonchev–Trinajstić information content (AvgIpc) is 3.21. The normalized spacial score (nSPS) is 11.1.